The highest BCUT2D eigenvalue weighted by atomic mass is 16.5. The van der Waals surface area contributed by atoms with Gasteiger partial charge in [0.1, 0.15) is 23.8 Å². The van der Waals surface area contributed by atoms with Crippen LogP contribution in [-0.2, 0) is 4.79 Å². The number of amidine groups is 1. The van der Waals surface area contributed by atoms with E-state index in [1.54, 1.807) is 48.5 Å². The van der Waals surface area contributed by atoms with E-state index in [1.807, 2.05) is 0 Å². The first-order valence-electron chi connectivity index (χ1n) is 8.21. The van der Waals surface area contributed by atoms with Gasteiger partial charge in [0.05, 0.1) is 17.3 Å². The molecule has 0 radical (unpaired) electrons. The molecule has 1 aliphatic heterocycles. The molecule has 2 unspecified atom stereocenters. The van der Waals surface area contributed by atoms with Gasteiger partial charge in [0, 0.05) is 18.5 Å². The van der Waals surface area contributed by atoms with Gasteiger partial charge < -0.3 is 21.1 Å². The fourth-order valence-electron chi connectivity index (χ4n) is 2.83. The number of nitriles is 1. The number of carbonyl (C=O) groups excluding carboxylic acids is 1. The van der Waals surface area contributed by atoms with Gasteiger partial charge >= 0.3 is 0 Å². The number of hydrogen-bond acceptors (Lipinski definition) is 5. The van der Waals surface area contributed by atoms with Crippen LogP contribution < -0.4 is 21.1 Å². The van der Waals surface area contributed by atoms with Crippen molar-refractivity contribution in [2.45, 2.75) is 18.6 Å². The maximum absolute atomic E-state index is 12.4. The molecular formula is C19H19N5O2. The molecule has 2 aromatic rings. The van der Waals surface area contributed by atoms with Gasteiger partial charge in [-0.05, 0) is 24.3 Å². The minimum atomic E-state index is -0.400. The van der Waals surface area contributed by atoms with Gasteiger partial charge in [0.2, 0.25) is 5.91 Å². The normalized spacial score (nSPS) is 18.7. The molecule has 1 heterocycles. The third-order valence-electron chi connectivity index (χ3n) is 4.16. The van der Waals surface area contributed by atoms with Crippen molar-refractivity contribution in [2.75, 3.05) is 11.9 Å². The standard InChI is InChI=1S/C19H19N5O2/c20-10-13-4-1-2-7-16(13)24-19(25)17-9-15(11-23-17)26-14-6-3-5-12(8-14)18(21)22/h1-8,15,17,23H,9,11H2,(H3,21,22)(H,24,25). The maximum atomic E-state index is 12.4. The highest BCUT2D eigenvalue weighted by molar-refractivity contribution is 5.96. The van der Waals surface area contributed by atoms with Crippen molar-refractivity contribution < 1.29 is 9.53 Å². The van der Waals surface area contributed by atoms with Crippen LogP contribution >= 0.6 is 0 Å². The molecule has 5 N–H and O–H groups in total. The van der Waals surface area contributed by atoms with E-state index < -0.39 is 6.04 Å². The number of rotatable bonds is 5. The summed E-state index contributed by atoms with van der Waals surface area (Å²) < 4.78 is 5.89. The topological polar surface area (TPSA) is 124 Å². The summed E-state index contributed by atoms with van der Waals surface area (Å²) in [6.45, 7) is 0.530. The summed E-state index contributed by atoms with van der Waals surface area (Å²) in [4.78, 5) is 12.4. The van der Waals surface area contributed by atoms with Crippen LogP contribution in [0.4, 0.5) is 5.69 Å². The Bertz CT molecular complexity index is 874. The lowest BCUT2D eigenvalue weighted by Crippen LogP contribution is -2.35. The molecule has 0 bridgehead atoms. The number of hydrogen-bond donors (Lipinski definition) is 4. The minimum absolute atomic E-state index is 0.0200. The van der Waals surface area contributed by atoms with Crippen LogP contribution in [0.25, 0.3) is 0 Å². The second kappa shape index (κ2) is 7.68. The number of amides is 1. The monoisotopic (exact) mass is 349 g/mol. The zero-order chi connectivity index (χ0) is 18.5. The van der Waals surface area contributed by atoms with Gasteiger partial charge in [-0.3, -0.25) is 10.2 Å². The lowest BCUT2D eigenvalue weighted by molar-refractivity contribution is -0.117. The molecule has 7 nitrogen and oxygen atoms in total. The van der Waals surface area contributed by atoms with Gasteiger partial charge in [0.25, 0.3) is 0 Å². The van der Waals surface area contributed by atoms with E-state index in [2.05, 4.69) is 16.7 Å². The van der Waals surface area contributed by atoms with Crippen molar-refractivity contribution in [3.05, 3.63) is 59.7 Å². The van der Waals surface area contributed by atoms with E-state index in [0.717, 1.165) is 0 Å². The molecular weight excluding hydrogens is 330 g/mol. The van der Waals surface area contributed by atoms with Crippen LogP contribution in [0.2, 0.25) is 0 Å². The predicted molar refractivity (Wildman–Crippen MR) is 98.1 cm³/mol. The summed E-state index contributed by atoms with van der Waals surface area (Å²) in [6, 6.07) is 15.6. The molecule has 0 spiro atoms. The molecule has 0 aromatic heterocycles. The van der Waals surface area contributed by atoms with E-state index in [0.29, 0.717) is 35.5 Å². The molecule has 1 saturated heterocycles. The third kappa shape index (κ3) is 3.99. The second-order valence-electron chi connectivity index (χ2n) is 6.02. The molecule has 26 heavy (non-hydrogen) atoms. The minimum Gasteiger partial charge on any atom is -0.489 e. The molecule has 2 aromatic carbocycles. The second-order valence-corrected chi connectivity index (χ2v) is 6.02. The SMILES string of the molecule is N#Cc1ccccc1NC(=O)C1CC(Oc2cccc(C(=N)N)c2)CN1. The van der Waals surface area contributed by atoms with E-state index in [9.17, 15) is 4.79 Å². The van der Waals surface area contributed by atoms with Crippen LogP contribution in [0, 0.1) is 16.7 Å². The van der Waals surface area contributed by atoms with E-state index in [4.69, 9.17) is 21.1 Å². The molecule has 0 aliphatic carbocycles. The van der Waals surface area contributed by atoms with Crippen molar-refractivity contribution in [1.29, 1.82) is 10.7 Å². The molecule has 1 amide bonds. The number of nitrogens with zero attached hydrogens (tertiary/aromatic N) is 1. The van der Waals surface area contributed by atoms with E-state index >= 15 is 0 Å². The van der Waals surface area contributed by atoms with Crippen LogP contribution in [0.15, 0.2) is 48.5 Å². The lowest BCUT2D eigenvalue weighted by Gasteiger charge is -2.14. The Hall–Kier alpha value is -3.37. The first kappa shape index (κ1) is 17.5. The highest BCUT2D eigenvalue weighted by Gasteiger charge is 2.31. The Kier molecular flexibility index (Phi) is 5.15. The van der Waals surface area contributed by atoms with Gasteiger partial charge in [-0.1, -0.05) is 24.3 Å². The number of nitrogens with two attached hydrogens (primary N) is 1. The van der Waals surface area contributed by atoms with Gasteiger partial charge in [0.15, 0.2) is 0 Å². The molecule has 3 rings (SSSR count). The van der Waals surface area contributed by atoms with Crippen LogP contribution in [0.1, 0.15) is 17.5 Å². The highest BCUT2D eigenvalue weighted by Crippen LogP contribution is 2.20. The summed E-state index contributed by atoms with van der Waals surface area (Å²) >= 11 is 0. The Balaban J connectivity index is 1.60. The Morgan fingerprint density at radius 1 is 1.31 bits per heavy atom. The van der Waals surface area contributed by atoms with Crippen molar-refractivity contribution in [3.8, 4) is 11.8 Å². The smallest absolute Gasteiger partial charge is 0.241 e. The Labute approximate surface area is 151 Å². The maximum Gasteiger partial charge on any atom is 0.241 e. The quantitative estimate of drug-likeness (QED) is 0.482. The first-order valence-corrected chi connectivity index (χ1v) is 8.21. The zero-order valence-corrected chi connectivity index (χ0v) is 14.0. The van der Waals surface area contributed by atoms with E-state index in [1.165, 1.54) is 0 Å². The molecule has 0 saturated carbocycles. The third-order valence-corrected chi connectivity index (χ3v) is 4.16. The molecule has 1 fully saturated rings. The van der Waals surface area contributed by atoms with Crippen molar-refractivity contribution in [1.82, 2.24) is 5.32 Å². The summed E-state index contributed by atoms with van der Waals surface area (Å²) in [6.07, 6.45) is 0.337. The fourth-order valence-corrected chi connectivity index (χ4v) is 2.83. The number of carbonyl (C=O) groups is 1. The fraction of sp³-hybridized carbons (Fsp3) is 0.211. The average molecular weight is 349 g/mol. The van der Waals surface area contributed by atoms with Gasteiger partial charge in [-0.25, -0.2) is 0 Å². The number of nitrogens with one attached hydrogen (secondary N) is 3. The summed E-state index contributed by atoms with van der Waals surface area (Å²) in [5.41, 5.74) is 7.01. The number of ether oxygens (including phenoxy) is 1. The lowest BCUT2D eigenvalue weighted by atomic mass is 10.1. The summed E-state index contributed by atoms with van der Waals surface area (Å²) in [5.74, 6) is 0.394. The number of benzene rings is 2. The average Bonchev–Trinajstić information content (AvgIpc) is 3.11. The number of nitrogen functional groups attached to an aromatic ring is 1. The molecule has 7 heteroatoms. The Morgan fingerprint density at radius 3 is 2.88 bits per heavy atom. The summed E-state index contributed by atoms with van der Waals surface area (Å²) in [5, 5.41) is 22.5. The summed E-state index contributed by atoms with van der Waals surface area (Å²) in [7, 11) is 0. The van der Waals surface area contributed by atoms with Gasteiger partial charge in [-0.15, -0.1) is 0 Å². The largest absolute Gasteiger partial charge is 0.489 e. The Morgan fingerprint density at radius 2 is 2.12 bits per heavy atom. The van der Waals surface area contributed by atoms with E-state index in [-0.39, 0.29) is 17.8 Å². The molecule has 2 atom stereocenters. The van der Waals surface area contributed by atoms with Crippen molar-refractivity contribution in [2.24, 2.45) is 5.73 Å². The predicted octanol–water partition coefficient (Wildman–Crippen LogP) is 1.59. The molecule has 1 aliphatic rings. The van der Waals surface area contributed by atoms with Crippen LogP contribution in [0.5, 0.6) is 5.75 Å². The van der Waals surface area contributed by atoms with Gasteiger partial charge in [-0.2, -0.15) is 5.26 Å². The van der Waals surface area contributed by atoms with Crippen molar-refractivity contribution in [3.63, 3.8) is 0 Å². The van der Waals surface area contributed by atoms with Crippen LogP contribution in [-0.4, -0.2) is 30.4 Å². The first-order chi connectivity index (χ1) is 12.6. The molecule has 132 valence electrons. The number of anilines is 1. The van der Waals surface area contributed by atoms with Crippen molar-refractivity contribution >= 4 is 17.4 Å². The zero-order valence-electron chi connectivity index (χ0n) is 14.0. The van der Waals surface area contributed by atoms with Crippen LogP contribution in [0.3, 0.4) is 0 Å². The number of para-hydroxylation sites is 1.